The van der Waals surface area contributed by atoms with Crippen molar-refractivity contribution in [1.29, 1.82) is 0 Å². The molecule has 0 radical (unpaired) electrons. The van der Waals surface area contributed by atoms with Gasteiger partial charge in [0.05, 0.1) is 12.1 Å². The van der Waals surface area contributed by atoms with Crippen LogP contribution in [0.3, 0.4) is 0 Å². The lowest BCUT2D eigenvalue weighted by atomic mass is 9.98. The molecule has 2 N–H and O–H groups in total. The highest BCUT2D eigenvalue weighted by Crippen LogP contribution is 2.20. The number of amides is 1. The van der Waals surface area contributed by atoms with Crippen molar-refractivity contribution in [3.8, 4) is 0 Å². The molecular weight excluding hydrogens is 276 g/mol. The molecule has 3 unspecified atom stereocenters. The molecule has 0 fully saturated rings. The zero-order chi connectivity index (χ0) is 16.1. The Kier molecular flexibility index (Phi) is 5.98. The molecule has 0 saturated heterocycles. The van der Waals surface area contributed by atoms with Crippen molar-refractivity contribution in [3.63, 3.8) is 0 Å². The average molecular weight is 304 g/mol. The zero-order valence-electron chi connectivity index (χ0n) is 13.9. The van der Waals surface area contributed by atoms with Gasteiger partial charge in [-0.1, -0.05) is 44.5 Å². The van der Waals surface area contributed by atoms with E-state index in [-0.39, 0.29) is 17.9 Å². The van der Waals surface area contributed by atoms with Gasteiger partial charge in [-0.05, 0) is 30.4 Å². The highest BCUT2D eigenvalue weighted by Gasteiger charge is 2.25. The molecule has 1 heterocycles. The SMILES string of the molecule is CCC(C)C(O)CNC(=O)C(C)N1CCc2ccccc2C1. The maximum atomic E-state index is 12.3. The maximum Gasteiger partial charge on any atom is 0.237 e. The summed E-state index contributed by atoms with van der Waals surface area (Å²) in [5, 5.41) is 12.8. The lowest BCUT2D eigenvalue weighted by Gasteiger charge is -2.33. The molecule has 22 heavy (non-hydrogen) atoms. The third kappa shape index (κ3) is 4.08. The first-order valence-corrected chi connectivity index (χ1v) is 8.29. The quantitative estimate of drug-likeness (QED) is 0.845. The molecule has 0 bridgehead atoms. The fourth-order valence-electron chi connectivity index (χ4n) is 2.84. The smallest absolute Gasteiger partial charge is 0.237 e. The Labute approximate surface area is 133 Å². The van der Waals surface area contributed by atoms with Gasteiger partial charge >= 0.3 is 0 Å². The van der Waals surface area contributed by atoms with Crippen LogP contribution in [-0.4, -0.2) is 41.1 Å². The summed E-state index contributed by atoms with van der Waals surface area (Å²) in [6.07, 6.45) is 1.43. The van der Waals surface area contributed by atoms with Gasteiger partial charge in [0.2, 0.25) is 5.91 Å². The first-order valence-electron chi connectivity index (χ1n) is 8.29. The highest BCUT2D eigenvalue weighted by atomic mass is 16.3. The number of nitrogens with one attached hydrogen (secondary N) is 1. The standard InChI is InChI=1S/C18H28N2O2/c1-4-13(2)17(21)11-19-18(22)14(3)20-10-9-15-7-5-6-8-16(15)12-20/h5-8,13-14,17,21H,4,9-12H2,1-3H3,(H,19,22). The zero-order valence-corrected chi connectivity index (χ0v) is 13.9. The van der Waals surface area contributed by atoms with Crippen molar-refractivity contribution in [2.45, 2.75) is 52.3 Å². The van der Waals surface area contributed by atoms with Crippen LogP contribution in [0.5, 0.6) is 0 Å². The molecule has 1 aliphatic rings. The van der Waals surface area contributed by atoms with E-state index >= 15 is 0 Å². The van der Waals surface area contributed by atoms with Crippen molar-refractivity contribution in [1.82, 2.24) is 10.2 Å². The molecule has 0 saturated carbocycles. The number of benzene rings is 1. The Balaban J connectivity index is 1.87. The average Bonchev–Trinajstić information content (AvgIpc) is 2.57. The fourth-order valence-corrected chi connectivity index (χ4v) is 2.84. The van der Waals surface area contributed by atoms with Crippen molar-refractivity contribution >= 4 is 5.91 Å². The summed E-state index contributed by atoms with van der Waals surface area (Å²) in [6, 6.07) is 8.26. The van der Waals surface area contributed by atoms with Gasteiger partial charge in [0.15, 0.2) is 0 Å². The van der Waals surface area contributed by atoms with E-state index in [1.165, 1.54) is 11.1 Å². The van der Waals surface area contributed by atoms with E-state index in [0.717, 1.165) is 25.9 Å². The lowest BCUT2D eigenvalue weighted by Crippen LogP contribution is -2.48. The minimum absolute atomic E-state index is 0.00161. The Bertz CT molecular complexity index is 504. The van der Waals surface area contributed by atoms with Crippen LogP contribution in [0.2, 0.25) is 0 Å². The Hall–Kier alpha value is -1.39. The monoisotopic (exact) mass is 304 g/mol. The second kappa shape index (κ2) is 7.75. The summed E-state index contributed by atoms with van der Waals surface area (Å²) in [5.41, 5.74) is 2.70. The van der Waals surface area contributed by atoms with Crippen LogP contribution in [0, 0.1) is 5.92 Å². The normalized spacial score (nSPS) is 19.1. The summed E-state index contributed by atoms with van der Waals surface area (Å²) >= 11 is 0. The lowest BCUT2D eigenvalue weighted by molar-refractivity contribution is -0.126. The molecule has 0 aliphatic carbocycles. The summed E-state index contributed by atoms with van der Waals surface area (Å²) in [5.74, 6) is 0.208. The van der Waals surface area contributed by atoms with Crippen LogP contribution in [0.1, 0.15) is 38.3 Å². The largest absolute Gasteiger partial charge is 0.391 e. The van der Waals surface area contributed by atoms with Crippen molar-refractivity contribution in [2.75, 3.05) is 13.1 Å². The van der Waals surface area contributed by atoms with Crippen molar-refractivity contribution in [3.05, 3.63) is 35.4 Å². The fraction of sp³-hybridized carbons (Fsp3) is 0.611. The van der Waals surface area contributed by atoms with Gasteiger partial charge in [0.25, 0.3) is 0 Å². The van der Waals surface area contributed by atoms with Gasteiger partial charge in [0, 0.05) is 19.6 Å². The summed E-state index contributed by atoms with van der Waals surface area (Å²) in [6.45, 7) is 8.05. The second-order valence-corrected chi connectivity index (χ2v) is 6.36. The molecule has 1 amide bonds. The number of hydrogen-bond acceptors (Lipinski definition) is 3. The van der Waals surface area contributed by atoms with Crippen LogP contribution < -0.4 is 5.32 Å². The predicted octanol–water partition coefficient (Wildman–Crippen LogP) is 1.96. The third-order valence-electron chi connectivity index (χ3n) is 4.87. The van der Waals surface area contributed by atoms with Crippen LogP contribution in [0.15, 0.2) is 24.3 Å². The van der Waals surface area contributed by atoms with Crippen LogP contribution in [0.4, 0.5) is 0 Å². The molecule has 1 aromatic rings. The number of carbonyl (C=O) groups is 1. The number of aliphatic hydroxyl groups is 1. The van der Waals surface area contributed by atoms with Gasteiger partial charge in [-0.2, -0.15) is 0 Å². The minimum Gasteiger partial charge on any atom is -0.391 e. The summed E-state index contributed by atoms with van der Waals surface area (Å²) < 4.78 is 0. The van der Waals surface area contributed by atoms with Gasteiger partial charge in [-0.25, -0.2) is 0 Å². The number of nitrogens with zero attached hydrogens (tertiary/aromatic N) is 1. The van der Waals surface area contributed by atoms with E-state index in [1.54, 1.807) is 0 Å². The number of carbonyl (C=O) groups excluding carboxylic acids is 1. The molecule has 122 valence electrons. The highest BCUT2D eigenvalue weighted by molar-refractivity contribution is 5.81. The maximum absolute atomic E-state index is 12.3. The molecule has 0 aromatic heterocycles. The number of aliphatic hydroxyl groups excluding tert-OH is 1. The van der Waals surface area contributed by atoms with E-state index < -0.39 is 6.10 Å². The number of fused-ring (bicyclic) bond motifs is 1. The van der Waals surface area contributed by atoms with E-state index in [0.29, 0.717) is 6.54 Å². The minimum atomic E-state index is -0.469. The molecule has 1 aromatic carbocycles. The van der Waals surface area contributed by atoms with E-state index in [4.69, 9.17) is 0 Å². The predicted molar refractivity (Wildman–Crippen MR) is 88.5 cm³/mol. The Morgan fingerprint density at radius 1 is 1.32 bits per heavy atom. The summed E-state index contributed by atoms with van der Waals surface area (Å²) in [7, 11) is 0. The number of hydrogen-bond donors (Lipinski definition) is 2. The van der Waals surface area contributed by atoms with E-state index in [1.807, 2.05) is 20.8 Å². The van der Waals surface area contributed by atoms with Crippen LogP contribution in [0.25, 0.3) is 0 Å². The molecular formula is C18H28N2O2. The molecule has 4 nitrogen and oxygen atoms in total. The van der Waals surface area contributed by atoms with Gasteiger partial charge in [-0.3, -0.25) is 9.69 Å². The second-order valence-electron chi connectivity index (χ2n) is 6.36. The first kappa shape index (κ1) is 17.0. The molecule has 0 spiro atoms. The van der Waals surface area contributed by atoms with E-state index in [2.05, 4.69) is 34.5 Å². The molecule has 1 aliphatic heterocycles. The molecule has 2 rings (SSSR count). The molecule has 3 atom stereocenters. The van der Waals surface area contributed by atoms with Crippen molar-refractivity contribution in [2.24, 2.45) is 5.92 Å². The topological polar surface area (TPSA) is 52.6 Å². The third-order valence-corrected chi connectivity index (χ3v) is 4.87. The van der Waals surface area contributed by atoms with Crippen LogP contribution in [-0.2, 0) is 17.8 Å². The van der Waals surface area contributed by atoms with E-state index in [9.17, 15) is 9.90 Å². The van der Waals surface area contributed by atoms with Crippen LogP contribution >= 0.6 is 0 Å². The number of rotatable bonds is 6. The van der Waals surface area contributed by atoms with Gasteiger partial charge in [-0.15, -0.1) is 0 Å². The van der Waals surface area contributed by atoms with Gasteiger partial charge in [0.1, 0.15) is 0 Å². The Morgan fingerprint density at radius 3 is 2.68 bits per heavy atom. The molecule has 4 heteroatoms. The first-order chi connectivity index (χ1) is 10.5. The van der Waals surface area contributed by atoms with Gasteiger partial charge < -0.3 is 10.4 Å². The van der Waals surface area contributed by atoms with Crippen molar-refractivity contribution < 1.29 is 9.90 Å². The Morgan fingerprint density at radius 2 is 2.00 bits per heavy atom. The summed E-state index contributed by atoms with van der Waals surface area (Å²) in [4.78, 5) is 14.5.